The molecule has 2 heterocycles. The molecule has 22 heavy (non-hydrogen) atoms. The van der Waals surface area contributed by atoms with Crippen LogP contribution in [0.4, 0.5) is 0 Å². The van der Waals surface area contributed by atoms with E-state index in [1.807, 2.05) is 30.5 Å². The summed E-state index contributed by atoms with van der Waals surface area (Å²) < 4.78 is 4.30. The van der Waals surface area contributed by atoms with Crippen molar-refractivity contribution in [3.05, 3.63) is 60.3 Å². The van der Waals surface area contributed by atoms with Crippen LogP contribution in [0.2, 0.25) is 0 Å². The number of H-pyrrole nitrogens is 1. The van der Waals surface area contributed by atoms with Crippen LogP contribution >= 0.6 is 11.5 Å². The number of aromatic amines is 1. The summed E-state index contributed by atoms with van der Waals surface area (Å²) in [6.07, 6.45) is 1.89. The van der Waals surface area contributed by atoms with Gasteiger partial charge in [-0.25, -0.2) is 4.37 Å². The molecule has 108 valence electrons. The Hall–Kier alpha value is -2.59. The molecule has 0 fully saturated rings. The number of hydrogen-bond acceptors (Lipinski definition) is 3. The molecular formula is C18H14N2OS. The first-order valence-corrected chi connectivity index (χ1v) is 7.83. The normalized spacial score (nSPS) is 11.1. The molecule has 0 spiro atoms. The van der Waals surface area contributed by atoms with Crippen LogP contribution < -0.4 is 0 Å². The van der Waals surface area contributed by atoms with Crippen molar-refractivity contribution in [1.29, 1.82) is 0 Å². The summed E-state index contributed by atoms with van der Waals surface area (Å²) in [7, 11) is 0. The number of phenolic OH excluding ortho intramolecular Hbond substituents is 1. The van der Waals surface area contributed by atoms with Crippen LogP contribution in [-0.4, -0.2) is 14.5 Å². The van der Waals surface area contributed by atoms with Gasteiger partial charge in [0, 0.05) is 22.7 Å². The van der Waals surface area contributed by atoms with E-state index in [0.29, 0.717) is 0 Å². The number of aryl methyl sites for hydroxylation is 1. The van der Waals surface area contributed by atoms with Gasteiger partial charge < -0.3 is 10.1 Å². The lowest BCUT2D eigenvalue weighted by molar-refractivity contribution is 0.475. The maximum Gasteiger partial charge on any atom is 0.115 e. The van der Waals surface area contributed by atoms with Gasteiger partial charge in [-0.1, -0.05) is 30.3 Å². The Labute approximate surface area is 132 Å². The third kappa shape index (κ3) is 2.00. The van der Waals surface area contributed by atoms with Crippen molar-refractivity contribution in [2.75, 3.05) is 0 Å². The van der Waals surface area contributed by atoms with E-state index in [4.69, 9.17) is 0 Å². The van der Waals surface area contributed by atoms with Gasteiger partial charge in [0.05, 0.1) is 10.6 Å². The molecule has 0 aliphatic heterocycles. The quantitative estimate of drug-likeness (QED) is 0.549. The number of para-hydroxylation sites is 1. The number of aromatic nitrogens is 2. The van der Waals surface area contributed by atoms with Gasteiger partial charge in [-0.15, -0.1) is 0 Å². The maximum atomic E-state index is 9.55. The minimum absolute atomic E-state index is 0.277. The predicted molar refractivity (Wildman–Crippen MR) is 91.2 cm³/mol. The number of rotatable bonds is 2. The van der Waals surface area contributed by atoms with E-state index in [-0.39, 0.29) is 5.75 Å². The Morgan fingerprint density at radius 3 is 2.55 bits per heavy atom. The number of phenols is 1. The fourth-order valence-electron chi connectivity index (χ4n) is 2.77. The van der Waals surface area contributed by atoms with E-state index < -0.39 is 0 Å². The molecule has 0 bridgehead atoms. The van der Waals surface area contributed by atoms with Gasteiger partial charge in [0.25, 0.3) is 0 Å². The zero-order chi connectivity index (χ0) is 15.1. The summed E-state index contributed by atoms with van der Waals surface area (Å²) in [5.74, 6) is 0.277. The molecule has 2 N–H and O–H groups in total. The Balaban J connectivity index is 2.06. The summed E-state index contributed by atoms with van der Waals surface area (Å²) in [6.45, 7) is 2.07. The molecule has 3 nitrogen and oxygen atoms in total. The second-order valence-corrected chi connectivity index (χ2v) is 6.11. The van der Waals surface area contributed by atoms with Gasteiger partial charge in [-0.05, 0) is 47.8 Å². The molecule has 0 atom stereocenters. The van der Waals surface area contributed by atoms with E-state index in [0.717, 1.165) is 32.8 Å². The lowest BCUT2D eigenvalue weighted by Gasteiger charge is -2.05. The van der Waals surface area contributed by atoms with Crippen molar-refractivity contribution < 1.29 is 5.11 Å². The number of aromatic hydroxyl groups is 1. The highest BCUT2D eigenvalue weighted by Gasteiger charge is 2.17. The predicted octanol–water partition coefficient (Wildman–Crippen LogP) is 4.97. The van der Waals surface area contributed by atoms with Crippen molar-refractivity contribution >= 4 is 22.4 Å². The number of benzene rings is 2. The molecule has 0 radical (unpaired) electrons. The number of nitrogens with zero attached hydrogens (tertiary/aromatic N) is 1. The molecule has 4 aromatic rings. The van der Waals surface area contributed by atoms with Crippen LogP contribution in [0, 0.1) is 6.92 Å². The Morgan fingerprint density at radius 2 is 1.82 bits per heavy atom. The first-order valence-electron chi connectivity index (χ1n) is 7.06. The molecule has 0 saturated heterocycles. The van der Waals surface area contributed by atoms with Crippen LogP contribution in [-0.2, 0) is 0 Å². The summed E-state index contributed by atoms with van der Waals surface area (Å²) in [6, 6.07) is 15.6. The third-order valence-corrected chi connectivity index (χ3v) is 4.76. The molecule has 4 rings (SSSR count). The van der Waals surface area contributed by atoms with E-state index in [9.17, 15) is 5.11 Å². The van der Waals surface area contributed by atoms with Gasteiger partial charge in [0.1, 0.15) is 5.75 Å². The average molecular weight is 306 g/mol. The number of nitrogens with one attached hydrogen (secondary N) is 1. The van der Waals surface area contributed by atoms with Gasteiger partial charge in [0.2, 0.25) is 0 Å². The Kier molecular flexibility index (Phi) is 2.98. The molecular weight excluding hydrogens is 292 g/mol. The van der Waals surface area contributed by atoms with Crippen LogP contribution in [0.15, 0.2) is 54.7 Å². The molecule has 0 aliphatic carbocycles. The minimum atomic E-state index is 0.277. The maximum absolute atomic E-state index is 9.55. The molecule has 2 aromatic carbocycles. The highest BCUT2D eigenvalue weighted by atomic mass is 32.1. The fourth-order valence-corrected chi connectivity index (χ4v) is 3.53. The lowest BCUT2D eigenvalue weighted by Crippen LogP contribution is -1.82. The van der Waals surface area contributed by atoms with Crippen LogP contribution in [0.1, 0.15) is 5.56 Å². The number of fused-ring (bicyclic) bond motifs is 1. The van der Waals surface area contributed by atoms with Gasteiger partial charge >= 0.3 is 0 Å². The highest BCUT2D eigenvalue weighted by molar-refractivity contribution is 7.09. The summed E-state index contributed by atoms with van der Waals surface area (Å²) in [5.41, 5.74) is 5.60. The van der Waals surface area contributed by atoms with Gasteiger partial charge in [-0.2, -0.15) is 0 Å². The molecule has 0 amide bonds. The largest absolute Gasteiger partial charge is 0.508 e. The molecule has 0 unspecified atom stereocenters. The first kappa shape index (κ1) is 13.1. The monoisotopic (exact) mass is 306 g/mol. The Morgan fingerprint density at radius 1 is 1.05 bits per heavy atom. The van der Waals surface area contributed by atoms with E-state index >= 15 is 0 Å². The van der Waals surface area contributed by atoms with Crippen molar-refractivity contribution in [1.82, 2.24) is 9.36 Å². The smallest absolute Gasteiger partial charge is 0.115 e. The zero-order valence-electron chi connectivity index (χ0n) is 12.0. The third-order valence-electron chi connectivity index (χ3n) is 3.84. The van der Waals surface area contributed by atoms with Crippen LogP contribution in [0.5, 0.6) is 5.75 Å². The molecule has 2 aromatic heterocycles. The molecule has 0 saturated carbocycles. The van der Waals surface area contributed by atoms with Crippen molar-refractivity contribution in [2.45, 2.75) is 6.92 Å². The van der Waals surface area contributed by atoms with E-state index in [1.54, 1.807) is 12.1 Å². The first-order chi connectivity index (χ1) is 10.7. The van der Waals surface area contributed by atoms with Crippen LogP contribution in [0.3, 0.4) is 0 Å². The zero-order valence-corrected chi connectivity index (χ0v) is 12.8. The van der Waals surface area contributed by atoms with Gasteiger partial charge in [-0.3, -0.25) is 0 Å². The van der Waals surface area contributed by atoms with E-state index in [2.05, 4.69) is 28.4 Å². The second kappa shape index (κ2) is 5.00. The van der Waals surface area contributed by atoms with Crippen molar-refractivity contribution in [2.24, 2.45) is 0 Å². The second-order valence-electron chi connectivity index (χ2n) is 5.31. The van der Waals surface area contributed by atoms with Gasteiger partial charge in [0.15, 0.2) is 0 Å². The molecule has 0 aliphatic rings. The fraction of sp³-hybridized carbons (Fsp3) is 0.0556. The summed E-state index contributed by atoms with van der Waals surface area (Å²) in [5, 5.41) is 10.7. The topological polar surface area (TPSA) is 48.9 Å². The minimum Gasteiger partial charge on any atom is -0.508 e. The van der Waals surface area contributed by atoms with Crippen molar-refractivity contribution in [3.63, 3.8) is 0 Å². The number of hydrogen-bond donors (Lipinski definition) is 2. The molecule has 4 heteroatoms. The Bertz CT molecular complexity index is 951. The lowest BCUT2D eigenvalue weighted by atomic mass is 10.0. The SMILES string of the molecule is Cc1cnsc1-c1[nH]c2ccccc2c1-c1ccc(O)cc1. The average Bonchev–Trinajstić information content (AvgIpc) is 3.11. The van der Waals surface area contributed by atoms with Crippen LogP contribution in [0.25, 0.3) is 32.6 Å². The van der Waals surface area contributed by atoms with Crippen molar-refractivity contribution in [3.8, 4) is 27.4 Å². The standard InChI is InChI=1S/C18H14N2OS/c1-11-10-19-22-18(11)17-16(12-6-8-13(21)9-7-12)14-4-2-3-5-15(14)20-17/h2-10,20-21H,1H3. The highest BCUT2D eigenvalue weighted by Crippen LogP contribution is 2.40. The summed E-state index contributed by atoms with van der Waals surface area (Å²) >= 11 is 1.50. The van der Waals surface area contributed by atoms with E-state index in [1.165, 1.54) is 16.9 Å². The summed E-state index contributed by atoms with van der Waals surface area (Å²) in [4.78, 5) is 4.68.